The fraction of sp³-hybridized carbons (Fsp3) is 0.308. The first kappa shape index (κ1) is 16.2. The van der Waals surface area contributed by atoms with E-state index in [1.165, 1.54) is 0 Å². The largest absolute Gasteiger partial charge is 0.326 e. The van der Waals surface area contributed by atoms with Crippen molar-refractivity contribution in [3.05, 3.63) is 45.7 Å². The van der Waals surface area contributed by atoms with Crippen LogP contribution in [-0.4, -0.2) is 18.2 Å². The summed E-state index contributed by atoms with van der Waals surface area (Å²) < 4.78 is 29.6. The van der Waals surface area contributed by atoms with Crippen LogP contribution in [0.15, 0.2) is 33.8 Å². The van der Waals surface area contributed by atoms with Gasteiger partial charge in [0.25, 0.3) is 0 Å². The maximum atomic E-state index is 12.4. The number of rotatable bonds is 5. The predicted octanol–water partition coefficient (Wildman–Crippen LogP) is 1.43. The number of hydrogen-bond donors (Lipinski definition) is 2. The van der Waals surface area contributed by atoms with Gasteiger partial charge in [0.2, 0.25) is 10.0 Å². The van der Waals surface area contributed by atoms with Crippen LogP contribution in [0.3, 0.4) is 0 Å². The lowest BCUT2D eigenvalue weighted by atomic mass is 10.2. The first-order valence-corrected chi connectivity index (χ1v) is 8.58. The molecule has 6 nitrogen and oxygen atoms in total. The molecular weight excluding hydrogens is 356 g/mol. The van der Waals surface area contributed by atoms with Gasteiger partial charge in [-0.1, -0.05) is 6.07 Å². The molecule has 0 aliphatic rings. The van der Waals surface area contributed by atoms with Crippen LogP contribution >= 0.6 is 15.9 Å². The molecule has 1 aromatic carbocycles. The molecule has 21 heavy (non-hydrogen) atoms. The fourth-order valence-corrected chi connectivity index (χ4v) is 3.97. The van der Waals surface area contributed by atoms with Crippen LogP contribution in [0.25, 0.3) is 0 Å². The van der Waals surface area contributed by atoms with Gasteiger partial charge >= 0.3 is 0 Å². The molecule has 0 fully saturated rings. The third-order valence-corrected chi connectivity index (χ3v) is 5.48. The van der Waals surface area contributed by atoms with Crippen LogP contribution < -0.4 is 10.5 Å². The van der Waals surface area contributed by atoms with Crippen LogP contribution in [0, 0.1) is 6.92 Å². The van der Waals surface area contributed by atoms with Gasteiger partial charge in [-0.3, -0.25) is 4.68 Å². The molecule has 0 amide bonds. The van der Waals surface area contributed by atoms with E-state index in [0.717, 1.165) is 16.8 Å². The summed E-state index contributed by atoms with van der Waals surface area (Å²) in [6.07, 6.45) is 1.79. The van der Waals surface area contributed by atoms with Gasteiger partial charge in [-0.25, -0.2) is 13.1 Å². The monoisotopic (exact) mass is 372 g/mol. The number of halogens is 1. The molecule has 114 valence electrons. The van der Waals surface area contributed by atoms with Gasteiger partial charge in [0.15, 0.2) is 0 Å². The van der Waals surface area contributed by atoms with Crippen molar-refractivity contribution in [1.29, 1.82) is 0 Å². The summed E-state index contributed by atoms with van der Waals surface area (Å²) >= 11 is 3.26. The molecule has 3 N–H and O–H groups in total. The second-order valence-electron chi connectivity index (χ2n) is 4.71. The molecule has 0 radical (unpaired) electrons. The van der Waals surface area contributed by atoms with Gasteiger partial charge < -0.3 is 5.73 Å². The second-order valence-corrected chi connectivity index (χ2v) is 7.30. The molecular formula is C13H17BrN4O2S. The van der Waals surface area contributed by atoms with Gasteiger partial charge in [-0.15, -0.1) is 0 Å². The summed E-state index contributed by atoms with van der Waals surface area (Å²) in [4.78, 5) is 0.187. The Kier molecular flexibility index (Phi) is 4.82. The minimum atomic E-state index is -3.62. The maximum absolute atomic E-state index is 12.4. The molecule has 8 heteroatoms. The first-order valence-electron chi connectivity index (χ1n) is 6.31. The van der Waals surface area contributed by atoms with Gasteiger partial charge in [-0.05, 0) is 40.5 Å². The summed E-state index contributed by atoms with van der Waals surface area (Å²) in [7, 11) is -1.82. The van der Waals surface area contributed by atoms with E-state index in [2.05, 4.69) is 25.8 Å². The van der Waals surface area contributed by atoms with E-state index in [-0.39, 0.29) is 18.0 Å². The van der Waals surface area contributed by atoms with Gasteiger partial charge in [0.05, 0.1) is 10.6 Å². The Balaban J connectivity index is 2.24. The maximum Gasteiger partial charge on any atom is 0.242 e. The molecule has 0 aliphatic heterocycles. The molecule has 0 saturated carbocycles. The van der Waals surface area contributed by atoms with Crippen LogP contribution in [0.5, 0.6) is 0 Å². The van der Waals surface area contributed by atoms with Gasteiger partial charge in [0.1, 0.15) is 0 Å². The molecule has 2 rings (SSSR count). The quantitative estimate of drug-likeness (QED) is 0.830. The van der Waals surface area contributed by atoms with Crippen LogP contribution in [0.2, 0.25) is 0 Å². The molecule has 0 saturated heterocycles. The Bertz CT molecular complexity index is 756. The minimum absolute atomic E-state index is 0.187. The third kappa shape index (κ3) is 3.70. The van der Waals surface area contributed by atoms with E-state index < -0.39 is 10.0 Å². The Labute approximate surface area is 132 Å². The summed E-state index contributed by atoms with van der Waals surface area (Å²) in [5.74, 6) is 0. The highest BCUT2D eigenvalue weighted by Gasteiger charge is 2.18. The molecule has 0 aliphatic carbocycles. The molecule has 1 heterocycles. The molecule has 0 spiro atoms. The van der Waals surface area contributed by atoms with Crippen molar-refractivity contribution in [2.45, 2.75) is 24.9 Å². The van der Waals surface area contributed by atoms with Crippen LogP contribution in [0.4, 0.5) is 0 Å². The van der Waals surface area contributed by atoms with E-state index in [9.17, 15) is 8.42 Å². The fourth-order valence-electron chi connectivity index (χ4n) is 1.95. The number of aromatic nitrogens is 2. The number of nitrogens with two attached hydrogens (primary N) is 1. The lowest BCUT2D eigenvalue weighted by Crippen LogP contribution is -2.24. The highest BCUT2D eigenvalue weighted by atomic mass is 79.9. The average molecular weight is 373 g/mol. The summed E-state index contributed by atoms with van der Waals surface area (Å²) in [6.45, 7) is 2.33. The topological polar surface area (TPSA) is 90.0 Å². The number of aryl methyl sites for hydroxylation is 2. The Morgan fingerprint density at radius 2 is 2.14 bits per heavy atom. The zero-order valence-corrected chi connectivity index (χ0v) is 14.2. The van der Waals surface area contributed by atoms with E-state index in [0.29, 0.717) is 4.47 Å². The number of sulfonamides is 1. The second kappa shape index (κ2) is 6.27. The number of hydrogen-bond acceptors (Lipinski definition) is 4. The number of benzene rings is 1. The molecule has 1 aromatic heterocycles. The van der Waals surface area contributed by atoms with Crippen molar-refractivity contribution in [2.24, 2.45) is 12.8 Å². The van der Waals surface area contributed by atoms with Crippen molar-refractivity contribution < 1.29 is 8.42 Å². The summed E-state index contributed by atoms with van der Waals surface area (Å²) in [6, 6.07) is 5.04. The summed E-state index contributed by atoms with van der Waals surface area (Å²) in [5.41, 5.74) is 7.96. The first-order chi connectivity index (χ1) is 9.83. The number of nitrogens with one attached hydrogen (secondary N) is 1. The van der Waals surface area contributed by atoms with E-state index in [1.807, 2.05) is 6.92 Å². The predicted molar refractivity (Wildman–Crippen MR) is 84.0 cm³/mol. The molecule has 0 unspecified atom stereocenters. The van der Waals surface area contributed by atoms with Gasteiger partial charge in [-0.2, -0.15) is 5.10 Å². The standard InChI is InChI=1S/C13H17BrN4O2S/c1-9-11(8-18(2)17-9)7-16-21(19,20)13-5-10(6-15)3-4-12(13)14/h3-5,8,16H,6-7,15H2,1-2H3. The van der Waals surface area contributed by atoms with E-state index in [1.54, 1.807) is 36.1 Å². The highest BCUT2D eigenvalue weighted by Crippen LogP contribution is 2.23. The lowest BCUT2D eigenvalue weighted by molar-refractivity contribution is 0.580. The molecule has 0 bridgehead atoms. The van der Waals surface area contributed by atoms with Crippen molar-refractivity contribution in [3.8, 4) is 0 Å². The third-order valence-electron chi connectivity index (χ3n) is 3.09. The van der Waals surface area contributed by atoms with Gasteiger partial charge in [0, 0.05) is 36.4 Å². The Morgan fingerprint density at radius 3 is 2.71 bits per heavy atom. The SMILES string of the molecule is Cc1nn(C)cc1CNS(=O)(=O)c1cc(CN)ccc1Br. The Hall–Kier alpha value is -1.22. The number of nitrogens with zero attached hydrogens (tertiary/aromatic N) is 2. The molecule has 2 aromatic rings. The van der Waals surface area contributed by atoms with Crippen molar-refractivity contribution in [1.82, 2.24) is 14.5 Å². The molecule has 0 atom stereocenters. The van der Waals surface area contributed by atoms with Crippen LogP contribution in [-0.2, 0) is 30.2 Å². The van der Waals surface area contributed by atoms with E-state index >= 15 is 0 Å². The minimum Gasteiger partial charge on any atom is -0.326 e. The zero-order valence-electron chi connectivity index (χ0n) is 11.8. The van der Waals surface area contributed by atoms with E-state index in [4.69, 9.17) is 5.73 Å². The highest BCUT2D eigenvalue weighted by molar-refractivity contribution is 9.10. The van der Waals surface area contributed by atoms with Crippen LogP contribution in [0.1, 0.15) is 16.8 Å². The Morgan fingerprint density at radius 1 is 1.43 bits per heavy atom. The lowest BCUT2D eigenvalue weighted by Gasteiger charge is -2.09. The smallest absolute Gasteiger partial charge is 0.242 e. The zero-order chi connectivity index (χ0) is 15.6. The summed E-state index contributed by atoms with van der Waals surface area (Å²) in [5, 5.41) is 4.19. The van der Waals surface area contributed by atoms with Crippen molar-refractivity contribution in [3.63, 3.8) is 0 Å². The van der Waals surface area contributed by atoms with Crippen molar-refractivity contribution in [2.75, 3.05) is 0 Å². The normalized spacial score (nSPS) is 11.8. The van der Waals surface area contributed by atoms with Crippen molar-refractivity contribution >= 4 is 26.0 Å². The average Bonchev–Trinajstić information content (AvgIpc) is 2.75.